The van der Waals surface area contributed by atoms with Crippen LogP contribution in [0.15, 0.2) is 0 Å². The van der Waals surface area contributed by atoms with Gasteiger partial charge in [-0.25, -0.2) is 0 Å². The summed E-state index contributed by atoms with van der Waals surface area (Å²) in [5.41, 5.74) is -2.72. The molecular weight excluding hydrogens is 522 g/mol. The van der Waals surface area contributed by atoms with Gasteiger partial charge in [0.1, 0.15) is 11.6 Å². The second kappa shape index (κ2) is 12.8. The Morgan fingerprint density at radius 1 is 0.659 bits per heavy atom. The molecule has 41 heavy (non-hydrogen) atoms. The molecule has 0 radical (unpaired) electrons. The van der Waals surface area contributed by atoms with E-state index in [2.05, 4.69) is 39.5 Å². The Hall–Kier alpha value is -1.84. The van der Waals surface area contributed by atoms with E-state index in [0.29, 0.717) is 12.8 Å². The van der Waals surface area contributed by atoms with Crippen LogP contribution in [0.1, 0.15) is 129 Å². The van der Waals surface area contributed by atoms with Gasteiger partial charge in [0, 0.05) is 25.9 Å². The van der Waals surface area contributed by atoms with Crippen LogP contribution in [0.4, 0.5) is 0 Å². The molecule has 2 rings (SSSR count). The molecule has 9 heteroatoms. The van der Waals surface area contributed by atoms with Crippen LogP contribution in [0, 0.1) is 11.8 Å². The van der Waals surface area contributed by atoms with Gasteiger partial charge in [0.2, 0.25) is 0 Å². The van der Waals surface area contributed by atoms with Crippen molar-refractivity contribution in [2.75, 3.05) is 6.54 Å². The highest BCUT2D eigenvalue weighted by molar-refractivity contribution is 5.82. The van der Waals surface area contributed by atoms with E-state index >= 15 is 0 Å². The number of Topliss-reactive ketones (excluding diaryl/α,β-unsaturated/α-hetero) is 2. The summed E-state index contributed by atoms with van der Waals surface area (Å²) in [6.45, 7) is 25.1. The summed E-state index contributed by atoms with van der Waals surface area (Å²) in [6.07, 6.45) is 5.38. The topological polar surface area (TPSA) is 96.5 Å². The molecule has 0 aliphatic carbocycles. The van der Waals surface area contributed by atoms with E-state index in [0.717, 1.165) is 32.2 Å². The van der Waals surface area contributed by atoms with Crippen LogP contribution < -0.4 is 0 Å². The molecule has 2 aliphatic heterocycles. The van der Waals surface area contributed by atoms with Crippen LogP contribution in [0.3, 0.4) is 0 Å². The maximum absolute atomic E-state index is 13.5. The molecule has 4 atom stereocenters. The summed E-state index contributed by atoms with van der Waals surface area (Å²) in [7, 11) is 0. The third-order valence-electron chi connectivity index (χ3n) is 9.29. The minimum absolute atomic E-state index is 0.0291. The van der Waals surface area contributed by atoms with Gasteiger partial charge >= 0.3 is 11.9 Å². The Kier molecular flexibility index (Phi) is 11.0. The van der Waals surface area contributed by atoms with Crippen LogP contribution in [0.25, 0.3) is 0 Å². The van der Waals surface area contributed by atoms with Crippen LogP contribution in [0.5, 0.6) is 0 Å². The van der Waals surface area contributed by atoms with E-state index in [-0.39, 0.29) is 23.7 Å². The summed E-state index contributed by atoms with van der Waals surface area (Å²) in [5, 5.41) is 3.44. The Labute approximate surface area is 248 Å². The van der Waals surface area contributed by atoms with Crippen LogP contribution in [0.2, 0.25) is 0 Å². The molecule has 2 heterocycles. The molecule has 2 saturated heterocycles. The maximum atomic E-state index is 13.5. The van der Waals surface area contributed by atoms with Crippen molar-refractivity contribution >= 4 is 23.5 Å². The van der Waals surface area contributed by atoms with Gasteiger partial charge in [-0.1, -0.05) is 26.2 Å². The average molecular weight is 580 g/mol. The van der Waals surface area contributed by atoms with Gasteiger partial charge in [0.05, 0.1) is 34.0 Å². The van der Waals surface area contributed by atoms with E-state index in [1.165, 1.54) is 13.8 Å². The monoisotopic (exact) mass is 579 g/mol. The van der Waals surface area contributed by atoms with Gasteiger partial charge in [0.15, 0.2) is 0 Å². The number of carbonyl (C=O) groups excluding carboxylic acids is 4. The predicted molar refractivity (Wildman–Crippen MR) is 160 cm³/mol. The van der Waals surface area contributed by atoms with E-state index < -0.39 is 45.9 Å². The number of carbonyl (C=O) groups is 4. The molecule has 0 amide bonds. The molecule has 2 aliphatic rings. The van der Waals surface area contributed by atoms with Gasteiger partial charge in [0.25, 0.3) is 0 Å². The zero-order chi connectivity index (χ0) is 31.7. The summed E-state index contributed by atoms with van der Waals surface area (Å²) in [6, 6.07) is -0.380. The Bertz CT molecular complexity index is 916. The number of nitrogens with zero attached hydrogens (tertiary/aromatic N) is 3. The maximum Gasteiger partial charge on any atom is 0.322 e. The number of unbranched alkanes of at least 4 members (excludes halogenated alkanes) is 3. The van der Waals surface area contributed by atoms with Crippen molar-refractivity contribution in [2.45, 2.75) is 163 Å². The highest BCUT2D eigenvalue weighted by Crippen LogP contribution is 2.50. The van der Waals surface area contributed by atoms with E-state index in [1.807, 2.05) is 27.7 Å². The molecule has 0 N–H and O–H groups in total. The average Bonchev–Trinajstić information content (AvgIpc) is 2.77. The fourth-order valence-electron chi connectivity index (χ4n) is 8.37. The first-order valence-corrected chi connectivity index (χ1v) is 15.4. The lowest BCUT2D eigenvalue weighted by molar-refractivity contribution is -0.295. The fraction of sp³-hybridized carbons (Fsp3) is 0.875. The van der Waals surface area contributed by atoms with Crippen LogP contribution >= 0.6 is 0 Å². The molecule has 236 valence electrons. The standard InChI is InChI=1S/C32H57N3O6/c1-14-15-16-17-18-33(25-19-29(6,7)34(40-23(4)38)31(10,11)27(25)21(2)36)26-20-30(8,9)35(41-24(5)39)32(12,13)28(26)22(3)37/h25-28H,14-20H2,1-13H3. The van der Waals surface area contributed by atoms with Crippen molar-refractivity contribution in [3.05, 3.63) is 0 Å². The first-order chi connectivity index (χ1) is 18.6. The third-order valence-corrected chi connectivity index (χ3v) is 9.29. The second-order valence-electron chi connectivity index (χ2n) is 14.7. The van der Waals surface area contributed by atoms with Gasteiger partial charge in [-0.3, -0.25) is 24.1 Å². The number of hydrogen-bond donors (Lipinski definition) is 0. The summed E-state index contributed by atoms with van der Waals surface area (Å²) in [5.74, 6) is -1.71. The van der Waals surface area contributed by atoms with Crippen molar-refractivity contribution in [1.29, 1.82) is 0 Å². The van der Waals surface area contributed by atoms with Crippen molar-refractivity contribution in [1.82, 2.24) is 15.0 Å². The summed E-state index contributed by atoms with van der Waals surface area (Å²) < 4.78 is 0. The van der Waals surface area contributed by atoms with Gasteiger partial charge in [-0.2, -0.15) is 0 Å². The molecule has 0 aromatic rings. The number of piperidine rings is 2. The van der Waals surface area contributed by atoms with Crippen molar-refractivity contribution in [2.24, 2.45) is 11.8 Å². The quantitative estimate of drug-likeness (QED) is 0.294. The normalized spacial score (nSPS) is 29.1. The Morgan fingerprint density at radius 2 is 1.02 bits per heavy atom. The van der Waals surface area contributed by atoms with Crippen molar-refractivity contribution in [3.63, 3.8) is 0 Å². The molecular formula is C32H57N3O6. The van der Waals surface area contributed by atoms with Crippen LogP contribution in [-0.4, -0.2) is 79.3 Å². The Morgan fingerprint density at radius 3 is 1.32 bits per heavy atom. The molecule has 0 spiro atoms. The van der Waals surface area contributed by atoms with Gasteiger partial charge in [-0.05, 0) is 95.0 Å². The molecule has 4 unspecified atom stereocenters. The minimum atomic E-state index is -0.791. The minimum Gasteiger partial charge on any atom is -0.367 e. The van der Waals surface area contributed by atoms with Gasteiger partial charge in [-0.15, -0.1) is 10.1 Å². The highest BCUT2D eigenvalue weighted by atomic mass is 16.7. The second-order valence-corrected chi connectivity index (χ2v) is 14.7. The zero-order valence-electron chi connectivity index (χ0n) is 28.1. The predicted octanol–water partition coefficient (Wildman–Crippen LogP) is 5.50. The lowest BCUT2D eigenvalue weighted by atomic mass is 9.65. The lowest BCUT2D eigenvalue weighted by Gasteiger charge is -2.62. The summed E-state index contributed by atoms with van der Waals surface area (Å²) >= 11 is 0. The first-order valence-electron chi connectivity index (χ1n) is 15.4. The third kappa shape index (κ3) is 7.39. The van der Waals surface area contributed by atoms with E-state index in [1.54, 1.807) is 24.0 Å². The first kappa shape index (κ1) is 35.4. The Balaban J connectivity index is 2.75. The molecule has 0 aromatic heterocycles. The molecule has 0 aromatic carbocycles. The lowest BCUT2D eigenvalue weighted by Crippen LogP contribution is -2.75. The zero-order valence-corrected chi connectivity index (χ0v) is 28.1. The molecule has 0 bridgehead atoms. The molecule has 0 saturated carbocycles. The number of rotatable bonds is 11. The largest absolute Gasteiger partial charge is 0.367 e. The van der Waals surface area contributed by atoms with Gasteiger partial charge < -0.3 is 9.68 Å². The van der Waals surface area contributed by atoms with Crippen LogP contribution in [-0.2, 0) is 28.9 Å². The van der Waals surface area contributed by atoms with Crippen molar-refractivity contribution in [3.8, 4) is 0 Å². The van der Waals surface area contributed by atoms with E-state index in [9.17, 15) is 19.2 Å². The number of ketones is 2. The number of hydroxylamine groups is 4. The number of hydrogen-bond acceptors (Lipinski definition) is 9. The van der Waals surface area contributed by atoms with Crippen molar-refractivity contribution < 1.29 is 28.9 Å². The fourth-order valence-corrected chi connectivity index (χ4v) is 8.37. The SMILES string of the molecule is CCCCCCN(C1CC(C)(C)N(OC(C)=O)C(C)(C)C1C(C)=O)C1CC(C)(C)N(OC(C)=O)C(C)(C)C1C(C)=O. The van der Waals surface area contributed by atoms with E-state index in [4.69, 9.17) is 9.68 Å². The highest BCUT2D eigenvalue weighted by Gasteiger charge is 2.61. The molecule has 2 fully saturated rings. The molecule has 9 nitrogen and oxygen atoms in total. The summed E-state index contributed by atoms with van der Waals surface area (Å²) in [4.78, 5) is 65.4. The smallest absolute Gasteiger partial charge is 0.322 e.